The Morgan fingerprint density at radius 3 is 2.88 bits per heavy atom. The number of nitrogens with one attached hydrogen (secondary N) is 1. The van der Waals surface area contributed by atoms with Crippen LogP contribution < -0.4 is 5.32 Å². The van der Waals surface area contributed by atoms with Crippen molar-refractivity contribution in [2.75, 3.05) is 26.2 Å². The molecule has 1 atom stereocenters. The molecule has 1 aliphatic rings. The molecule has 0 amide bonds. The van der Waals surface area contributed by atoms with Crippen LogP contribution in [0.5, 0.6) is 0 Å². The third kappa shape index (κ3) is 6.61. The number of aryl methyl sites for hydroxylation is 1. The van der Waals surface area contributed by atoms with Crippen molar-refractivity contribution in [3.8, 4) is 0 Å². The van der Waals surface area contributed by atoms with Gasteiger partial charge in [-0.3, -0.25) is 4.99 Å². The summed E-state index contributed by atoms with van der Waals surface area (Å²) >= 11 is 0. The summed E-state index contributed by atoms with van der Waals surface area (Å²) in [5, 5.41) is 3.48. The predicted octanol–water partition coefficient (Wildman–Crippen LogP) is 3.76. The minimum atomic E-state index is 0. The number of imidazole rings is 1. The fraction of sp³-hybridized carbons (Fsp3) is 0.778. The smallest absolute Gasteiger partial charge is 0.193 e. The van der Waals surface area contributed by atoms with Crippen LogP contribution in [0.4, 0.5) is 0 Å². The van der Waals surface area contributed by atoms with Crippen molar-refractivity contribution in [1.82, 2.24) is 19.8 Å². The standard InChI is InChI=1S/C18H33N5.HI/c1-4-8-18(3)9-6-13-23(15-18)17(20-5-2)21-10-7-12-22-14-11-19-16-22;/h11,14,16H,4-10,12-13,15H2,1-3H3,(H,20,21);1H. The molecule has 6 heteroatoms. The molecule has 0 aliphatic carbocycles. The first-order valence-electron chi connectivity index (χ1n) is 9.16. The zero-order chi connectivity index (χ0) is 16.5. The van der Waals surface area contributed by atoms with Crippen molar-refractivity contribution in [1.29, 1.82) is 0 Å². The molecule has 1 aliphatic heterocycles. The topological polar surface area (TPSA) is 45.5 Å². The second-order valence-electron chi connectivity index (χ2n) is 6.98. The highest BCUT2D eigenvalue weighted by atomic mass is 127. The fourth-order valence-electron chi connectivity index (χ4n) is 3.59. The summed E-state index contributed by atoms with van der Waals surface area (Å²) in [6.45, 7) is 11.9. The number of halogens is 1. The van der Waals surface area contributed by atoms with E-state index in [2.05, 4.69) is 40.5 Å². The van der Waals surface area contributed by atoms with Crippen LogP contribution in [-0.4, -0.2) is 46.6 Å². The van der Waals surface area contributed by atoms with Gasteiger partial charge in [0.15, 0.2) is 5.96 Å². The second-order valence-corrected chi connectivity index (χ2v) is 6.98. The zero-order valence-electron chi connectivity index (χ0n) is 15.5. The van der Waals surface area contributed by atoms with Crippen LogP contribution in [0.2, 0.25) is 0 Å². The molecule has 24 heavy (non-hydrogen) atoms. The van der Waals surface area contributed by atoms with Gasteiger partial charge in [-0.2, -0.15) is 0 Å². The number of aromatic nitrogens is 2. The quantitative estimate of drug-likeness (QED) is 0.300. The first kappa shape index (κ1) is 21.3. The Balaban J connectivity index is 0.00000288. The lowest BCUT2D eigenvalue weighted by Crippen LogP contribution is -2.49. The Bertz CT molecular complexity index is 470. The van der Waals surface area contributed by atoms with Gasteiger partial charge < -0.3 is 14.8 Å². The number of hydrogen-bond donors (Lipinski definition) is 1. The highest BCUT2D eigenvalue weighted by Crippen LogP contribution is 2.33. The maximum absolute atomic E-state index is 4.86. The largest absolute Gasteiger partial charge is 0.357 e. The van der Waals surface area contributed by atoms with E-state index in [0.29, 0.717) is 5.41 Å². The molecule has 0 saturated carbocycles. The van der Waals surface area contributed by atoms with Gasteiger partial charge in [-0.05, 0) is 38.0 Å². The van der Waals surface area contributed by atoms with E-state index in [1.807, 2.05) is 18.7 Å². The summed E-state index contributed by atoms with van der Waals surface area (Å²) < 4.78 is 2.11. The van der Waals surface area contributed by atoms with Crippen LogP contribution in [0.25, 0.3) is 0 Å². The minimum Gasteiger partial charge on any atom is -0.357 e. The lowest BCUT2D eigenvalue weighted by Gasteiger charge is -2.42. The van der Waals surface area contributed by atoms with Crippen molar-refractivity contribution < 1.29 is 0 Å². The van der Waals surface area contributed by atoms with Crippen LogP contribution in [0.1, 0.15) is 52.9 Å². The molecule has 1 aromatic rings. The fourth-order valence-corrected chi connectivity index (χ4v) is 3.59. The Morgan fingerprint density at radius 1 is 1.38 bits per heavy atom. The van der Waals surface area contributed by atoms with Crippen LogP contribution in [-0.2, 0) is 6.54 Å². The maximum atomic E-state index is 4.86. The van der Waals surface area contributed by atoms with Crippen LogP contribution in [0.15, 0.2) is 23.7 Å². The van der Waals surface area contributed by atoms with Crippen molar-refractivity contribution >= 4 is 29.9 Å². The maximum Gasteiger partial charge on any atom is 0.193 e. The molecule has 0 bridgehead atoms. The third-order valence-corrected chi connectivity index (χ3v) is 4.66. The zero-order valence-corrected chi connectivity index (χ0v) is 17.8. The van der Waals surface area contributed by atoms with E-state index in [1.165, 1.54) is 25.7 Å². The van der Waals surface area contributed by atoms with Gasteiger partial charge in [-0.25, -0.2) is 4.98 Å². The summed E-state index contributed by atoms with van der Waals surface area (Å²) in [6.07, 6.45) is 12.0. The van der Waals surface area contributed by atoms with Crippen LogP contribution in [0.3, 0.4) is 0 Å². The molecule has 2 heterocycles. The molecule has 1 fully saturated rings. The summed E-state index contributed by atoms with van der Waals surface area (Å²) in [6, 6.07) is 0. The molecule has 0 spiro atoms. The summed E-state index contributed by atoms with van der Waals surface area (Å²) in [5.74, 6) is 1.10. The van der Waals surface area contributed by atoms with Gasteiger partial charge in [-0.15, -0.1) is 24.0 Å². The minimum absolute atomic E-state index is 0. The van der Waals surface area contributed by atoms with E-state index in [-0.39, 0.29) is 24.0 Å². The van der Waals surface area contributed by atoms with Crippen molar-refractivity contribution in [3.05, 3.63) is 18.7 Å². The number of hydrogen-bond acceptors (Lipinski definition) is 2. The van der Waals surface area contributed by atoms with Gasteiger partial charge in [0.25, 0.3) is 0 Å². The van der Waals surface area contributed by atoms with Gasteiger partial charge in [0.05, 0.1) is 6.33 Å². The third-order valence-electron chi connectivity index (χ3n) is 4.66. The molecule has 2 rings (SSSR count). The molecule has 1 saturated heterocycles. The van der Waals surface area contributed by atoms with E-state index < -0.39 is 0 Å². The lowest BCUT2D eigenvalue weighted by atomic mass is 9.78. The second kappa shape index (κ2) is 10.9. The summed E-state index contributed by atoms with van der Waals surface area (Å²) in [5.41, 5.74) is 0.444. The van der Waals surface area contributed by atoms with Crippen LogP contribution in [0, 0.1) is 5.41 Å². The van der Waals surface area contributed by atoms with Gasteiger partial charge in [0.1, 0.15) is 0 Å². The molecule has 0 radical (unpaired) electrons. The Kier molecular flexibility index (Phi) is 9.69. The molecule has 1 N–H and O–H groups in total. The van der Waals surface area contributed by atoms with Crippen molar-refractivity contribution in [3.63, 3.8) is 0 Å². The number of aliphatic imine (C=N–C) groups is 1. The van der Waals surface area contributed by atoms with E-state index in [9.17, 15) is 0 Å². The van der Waals surface area contributed by atoms with Gasteiger partial charge in [0.2, 0.25) is 0 Å². The number of piperidine rings is 1. The molecule has 138 valence electrons. The lowest BCUT2D eigenvalue weighted by molar-refractivity contribution is 0.142. The highest BCUT2D eigenvalue weighted by Gasteiger charge is 2.31. The molecule has 1 unspecified atom stereocenters. The average molecular weight is 447 g/mol. The normalized spacial score (nSPS) is 21.5. The van der Waals surface area contributed by atoms with E-state index in [0.717, 1.165) is 45.1 Å². The van der Waals surface area contributed by atoms with Gasteiger partial charge in [-0.1, -0.05) is 20.3 Å². The Labute approximate surface area is 164 Å². The van der Waals surface area contributed by atoms with E-state index >= 15 is 0 Å². The average Bonchev–Trinajstić information content (AvgIpc) is 3.03. The summed E-state index contributed by atoms with van der Waals surface area (Å²) in [4.78, 5) is 11.4. The van der Waals surface area contributed by atoms with E-state index in [4.69, 9.17) is 4.99 Å². The summed E-state index contributed by atoms with van der Waals surface area (Å²) in [7, 11) is 0. The predicted molar refractivity (Wildman–Crippen MR) is 112 cm³/mol. The molecular formula is C18H34IN5. The first-order valence-corrected chi connectivity index (χ1v) is 9.16. The van der Waals surface area contributed by atoms with Gasteiger partial charge >= 0.3 is 0 Å². The van der Waals surface area contributed by atoms with Crippen molar-refractivity contribution in [2.45, 2.75) is 59.4 Å². The van der Waals surface area contributed by atoms with E-state index in [1.54, 1.807) is 0 Å². The Hall–Kier alpha value is -0.790. The number of guanidine groups is 1. The number of nitrogens with zero attached hydrogens (tertiary/aromatic N) is 4. The highest BCUT2D eigenvalue weighted by molar-refractivity contribution is 14.0. The van der Waals surface area contributed by atoms with Gasteiger partial charge in [0, 0.05) is 45.1 Å². The first-order chi connectivity index (χ1) is 11.2. The Morgan fingerprint density at radius 2 is 2.21 bits per heavy atom. The molecule has 1 aromatic heterocycles. The SMILES string of the molecule is CCCC1(C)CCCN(C(=NCCCn2ccnc2)NCC)C1.I. The number of rotatable bonds is 7. The van der Waals surface area contributed by atoms with Crippen LogP contribution >= 0.6 is 24.0 Å². The van der Waals surface area contributed by atoms with Crippen molar-refractivity contribution in [2.24, 2.45) is 10.4 Å². The molecule has 5 nitrogen and oxygen atoms in total. The number of likely N-dealkylation sites (tertiary alicyclic amines) is 1. The molecular weight excluding hydrogens is 413 g/mol. The monoisotopic (exact) mass is 447 g/mol. The molecule has 0 aromatic carbocycles.